The zero-order valence-corrected chi connectivity index (χ0v) is 16.3. The number of ether oxygens (including phenoxy) is 1. The fraction of sp³-hybridized carbons (Fsp3) is 0.421. The smallest absolute Gasteiger partial charge is 0.341 e. The molecule has 1 saturated heterocycles. The molecule has 27 heavy (non-hydrogen) atoms. The SMILES string of the molecule is Cc1ccc(C)n1-c1sccc1C(=O)OCC(=O)N1CCC(C(N)=O)CC1. The molecule has 0 saturated carbocycles. The van der Waals surface area contributed by atoms with Gasteiger partial charge in [0.2, 0.25) is 5.91 Å². The van der Waals surface area contributed by atoms with Crippen LogP contribution in [0, 0.1) is 19.8 Å². The van der Waals surface area contributed by atoms with Crippen LogP contribution < -0.4 is 5.73 Å². The third-order valence-electron chi connectivity index (χ3n) is 4.92. The minimum absolute atomic E-state index is 0.182. The van der Waals surface area contributed by atoms with Crippen LogP contribution in [-0.4, -0.2) is 46.9 Å². The quantitative estimate of drug-likeness (QED) is 0.792. The van der Waals surface area contributed by atoms with Crippen LogP contribution in [0.1, 0.15) is 34.6 Å². The summed E-state index contributed by atoms with van der Waals surface area (Å²) < 4.78 is 7.26. The fourth-order valence-electron chi connectivity index (χ4n) is 3.33. The number of aromatic nitrogens is 1. The topological polar surface area (TPSA) is 94.6 Å². The summed E-state index contributed by atoms with van der Waals surface area (Å²) in [5.41, 5.74) is 7.80. The highest BCUT2D eigenvalue weighted by molar-refractivity contribution is 7.13. The highest BCUT2D eigenvalue weighted by Crippen LogP contribution is 2.26. The Kier molecular flexibility index (Phi) is 5.65. The van der Waals surface area contributed by atoms with Gasteiger partial charge in [-0.2, -0.15) is 0 Å². The van der Waals surface area contributed by atoms with Crippen LogP contribution in [-0.2, 0) is 14.3 Å². The number of rotatable bonds is 5. The zero-order chi connectivity index (χ0) is 19.6. The second-order valence-electron chi connectivity index (χ2n) is 6.72. The van der Waals surface area contributed by atoms with Gasteiger partial charge in [0, 0.05) is 30.4 Å². The van der Waals surface area contributed by atoms with Crippen LogP contribution in [0.25, 0.3) is 5.00 Å². The maximum atomic E-state index is 12.5. The Morgan fingerprint density at radius 3 is 2.37 bits per heavy atom. The molecule has 0 atom stereocenters. The predicted octanol–water partition coefficient (Wildman–Crippen LogP) is 2.04. The minimum atomic E-state index is -0.515. The Bertz CT molecular complexity index is 843. The lowest BCUT2D eigenvalue weighted by molar-refractivity contribution is -0.137. The first-order valence-electron chi connectivity index (χ1n) is 8.85. The number of amides is 2. The van der Waals surface area contributed by atoms with E-state index in [2.05, 4.69) is 0 Å². The van der Waals surface area contributed by atoms with E-state index in [1.807, 2.05) is 35.9 Å². The molecule has 2 amide bonds. The summed E-state index contributed by atoms with van der Waals surface area (Å²) in [4.78, 5) is 37.6. The van der Waals surface area contributed by atoms with E-state index in [1.54, 1.807) is 11.0 Å². The molecule has 144 valence electrons. The van der Waals surface area contributed by atoms with Gasteiger partial charge < -0.3 is 19.9 Å². The van der Waals surface area contributed by atoms with Gasteiger partial charge in [0.15, 0.2) is 6.61 Å². The van der Waals surface area contributed by atoms with Crippen LogP contribution in [0.5, 0.6) is 0 Å². The van der Waals surface area contributed by atoms with Gasteiger partial charge in [-0.25, -0.2) is 4.79 Å². The van der Waals surface area contributed by atoms with Crippen LogP contribution in [0.15, 0.2) is 23.6 Å². The van der Waals surface area contributed by atoms with Crippen molar-refractivity contribution >= 4 is 29.1 Å². The van der Waals surface area contributed by atoms with Gasteiger partial charge in [0.1, 0.15) is 5.00 Å². The maximum Gasteiger partial charge on any atom is 0.341 e. The summed E-state index contributed by atoms with van der Waals surface area (Å²) in [6, 6.07) is 5.69. The van der Waals surface area contributed by atoms with Crippen molar-refractivity contribution in [1.29, 1.82) is 0 Å². The third kappa shape index (κ3) is 4.05. The van der Waals surface area contributed by atoms with Crippen molar-refractivity contribution in [3.05, 3.63) is 40.5 Å². The van der Waals surface area contributed by atoms with Crippen molar-refractivity contribution in [2.45, 2.75) is 26.7 Å². The van der Waals surface area contributed by atoms with Gasteiger partial charge in [0.05, 0.1) is 5.56 Å². The summed E-state index contributed by atoms with van der Waals surface area (Å²) in [6.07, 6.45) is 1.10. The number of carbonyl (C=O) groups is 3. The molecule has 1 fully saturated rings. The summed E-state index contributed by atoms with van der Waals surface area (Å²) in [6.45, 7) is 4.55. The number of primary amides is 1. The van der Waals surface area contributed by atoms with Crippen molar-refractivity contribution in [3.63, 3.8) is 0 Å². The lowest BCUT2D eigenvalue weighted by atomic mass is 9.96. The van der Waals surface area contributed by atoms with E-state index in [9.17, 15) is 14.4 Å². The van der Waals surface area contributed by atoms with Crippen molar-refractivity contribution < 1.29 is 19.1 Å². The molecular weight excluding hydrogens is 366 g/mol. The van der Waals surface area contributed by atoms with Gasteiger partial charge in [-0.15, -0.1) is 11.3 Å². The first-order chi connectivity index (χ1) is 12.9. The van der Waals surface area contributed by atoms with Gasteiger partial charge in [-0.3, -0.25) is 9.59 Å². The summed E-state index contributed by atoms with van der Waals surface area (Å²) >= 11 is 1.45. The second kappa shape index (κ2) is 7.96. The predicted molar refractivity (Wildman–Crippen MR) is 102 cm³/mol. The van der Waals surface area contributed by atoms with Crippen LogP contribution in [0.4, 0.5) is 0 Å². The number of esters is 1. The van der Waals surface area contributed by atoms with Gasteiger partial charge in [-0.05, 0) is 50.3 Å². The Morgan fingerprint density at radius 1 is 1.15 bits per heavy atom. The Hall–Kier alpha value is -2.61. The van der Waals surface area contributed by atoms with Gasteiger partial charge in [-0.1, -0.05) is 0 Å². The van der Waals surface area contributed by atoms with Crippen molar-refractivity contribution in [2.24, 2.45) is 11.7 Å². The highest BCUT2D eigenvalue weighted by atomic mass is 32.1. The lowest BCUT2D eigenvalue weighted by Crippen LogP contribution is -2.43. The maximum absolute atomic E-state index is 12.5. The Labute approximate surface area is 161 Å². The zero-order valence-electron chi connectivity index (χ0n) is 15.4. The molecule has 0 spiro atoms. The number of hydrogen-bond acceptors (Lipinski definition) is 5. The first-order valence-corrected chi connectivity index (χ1v) is 9.73. The van der Waals surface area contributed by atoms with Crippen LogP contribution in [0.2, 0.25) is 0 Å². The fourth-order valence-corrected chi connectivity index (χ4v) is 4.33. The van der Waals surface area contributed by atoms with Crippen LogP contribution in [0.3, 0.4) is 0 Å². The number of likely N-dealkylation sites (tertiary alicyclic amines) is 1. The molecule has 7 nitrogen and oxygen atoms in total. The third-order valence-corrected chi connectivity index (χ3v) is 5.81. The van der Waals surface area contributed by atoms with E-state index in [0.29, 0.717) is 31.5 Å². The van der Waals surface area contributed by atoms with Gasteiger partial charge in [0.25, 0.3) is 5.91 Å². The van der Waals surface area contributed by atoms with Crippen LogP contribution >= 0.6 is 11.3 Å². The molecule has 3 heterocycles. The molecular formula is C19H23N3O4S. The summed E-state index contributed by atoms with van der Waals surface area (Å²) in [7, 11) is 0. The van der Waals surface area contributed by atoms with Crippen molar-refractivity contribution in [2.75, 3.05) is 19.7 Å². The van der Waals surface area contributed by atoms with E-state index < -0.39 is 5.97 Å². The standard InChI is InChI=1S/C19H23N3O4S/c1-12-3-4-13(2)22(12)18-15(7-10-27-18)19(25)26-11-16(23)21-8-5-14(6-9-21)17(20)24/h3-4,7,10,14H,5-6,8-9,11H2,1-2H3,(H2,20,24). The Balaban J connectivity index is 1.60. The lowest BCUT2D eigenvalue weighted by Gasteiger charge is -2.30. The van der Waals surface area contributed by atoms with Gasteiger partial charge >= 0.3 is 5.97 Å². The molecule has 0 unspecified atom stereocenters. The second-order valence-corrected chi connectivity index (χ2v) is 7.62. The van der Waals surface area contributed by atoms with Crippen molar-refractivity contribution in [3.8, 4) is 5.00 Å². The number of hydrogen-bond donors (Lipinski definition) is 1. The molecule has 8 heteroatoms. The molecule has 2 aromatic heterocycles. The van der Waals surface area contributed by atoms with E-state index in [1.165, 1.54) is 11.3 Å². The molecule has 0 aromatic carbocycles. The molecule has 3 rings (SSSR count). The molecule has 1 aliphatic rings. The number of carbonyl (C=O) groups excluding carboxylic acids is 3. The highest BCUT2D eigenvalue weighted by Gasteiger charge is 2.27. The average molecular weight is 389 g/mol. The summed E-state index contributed by atoms with van der Waals surface area (Å²) in [5.74, 6) is -1.28. The van der Waals surface area contributed by atoms with E-state index in [4.69, 9.17) is 10.5 Å². The van der Waals surface area contributed by atoms with E-state index in [0.717, 1.165) is 16.4 Å². The number of thiophene rings is 1. The molecule has 1 aliphatic heterocycles. The Morgan fingerprint density at radius 2 is 1.78 bits per heavy atom. The monoisotopic (exact) mass is 389 g/mol. The number of nitrogens with zero attached hydrogens (tertiary/aromatic N) is 2. The molecule has 0 bridgehead atoms. The molecule has 2 N–H and O–H groups in total. The minimum Gasteiger partial charge on any atom is -0.452 e. The van der Waals surface area contributed by atoms with E-state index >= 15 is 0 Å². The molecule has 2 aromatic rings. The number of piperidine rings is 1. The first kappa shape index (κ1) is 19.2. The molecule has 0 radical (unpaired) electrons. The van der Waals surface area contributed by atoms with Crippen molar-refractivity contribution in [1.82, 2.24) is 9.47 Å². The largest absolute Gasteiger partial charge is 0.452 e. The van der Waals surface area contributed by atoms with E-state index in [-0.39, 0.29) is 24.3 Å². The average Bonchev–Trinajstić information content (AvgIpc) is 3.25. The number of nitrogens with two attached hydrogens (primary N) is 1. The number of aryl methyl sites for hydroxylation is 2. The molecule has 0 aliphatic carbocycles. The summed E-state index contributed by atoms with van der Waals surface area (Å²) in [5, 5.41) is 2.62. The normalized spacial score (nSPS) is 15.0.